The zero-order valence-electron chi connectivity index (χ0n) is 16.1. The summed E-state index contributed by atoms with van der Waals surface area (Å²) in [6.07, 6.45) is 2.43. The van der Waals surface area contributed by atoms with Crippen molar-refractivity contribution in [3.8, 4) is 11.4 Å². The predicted molar refractivity (Wildman–Crippen MR) is 101 cm³/mol. The van der Waals surface area contributed by atoms with Gasteiger partial charge in [0.25, 0.3) is 0 Å². The van der Waals surface area contributed by atoms with Crippen molar-refractivity contribution in [2.45, 2.75) is 39.0 Å². The van der Waals surface area contributed by atoms with Gasteiger partial charge in [-0.3, -0.25) is 4.79 Å². The number of aromatic nitrogens is 2. The molecule has 2 aliphatic heterocycles. The molecule has 0 unspecified atom stereocenters. The molecule has 2 aliphatic rings. The Hall–Kier alpha value is -2.21. The van der Waals surface area contributed by atoms with Gasteiger partial charge in [-0.25, -0.2) is 0 Å². The molecule has 3 heterocycles. The number of benzene rings is 1. The lowest BCUT2D eigenvalue weighted by Crippen LogP contribution is -2.37. The smallest absolute Gasteiger partial charge is 0.232 e. The number of carbonyl (C=O) groups is 1. The molecule has 1 aromatic heterocycles. The molecule has 0 bridgehead atoms. The molecule has 1 atom stereocenters. The van der Waals surface area contributed by atoms with Gasteiger partial charge in [-0.1, -0.05) is 49.3 Å². The molecule has 1 spiro atoms. The van der Waals surface area contributed by atoms with Crippen LogP contribution >= 0.6 is 0 Å². The van der Waals surface area contributed by atoms with Gasteiger partial charge in [0.1, 0.15) is 0 Å². The van der Waals surface area contributed by atoms with Crippen LogP contribution in [0, 0.1) is 11.3 Å². The molecule has 0 aliphatic carbocycles. The van der Waals surface area contributed by atoms with Crippen molar-refractivity contribution in [3.63, 3.8) is 0 Å². The molecule has 0 N–H and O–H groups in total. The lowest BCUT2D eigenvalue weighted by Gasteiger charge is -2.36. The number of nitrogens with zero attached hydrogens (tertiary/aromatic N) is 3. The van der Waals surface area contributed by atoms with Gasteiger partial charge < -0.3 is 14.2 Å². The van der Waals surface area contributed by atoms with E-state index in [1.807, 2.05) is 35.2 Å². The van der Waals surface area contributed by atoms with Crippen molar-refractivity contribution in [2.24, 2.45) is 11.3 Å². The second-order valence-corrected chi connectivity index (χ2v) is 8.22. The minimum absolute atomic E-state index is 0.0224. The third-order valence-corrected chi connectivity index (χ3v) is 5.84. The molecule has 27 heavy (non-hydrogen) atoms. The number of ether oxygens (including phenoxy) is 1. The van der Waals surface area contributed by atoms with Crippen molar-refractivity contribution in [3.05, 3.63) is 36.2 Å². The lowest BCUT2D eigenvalue weighted by atomic mass is 9.72. The molecule has 2 saturated heterocycles. The molecular formula is C21H27N3O3. The van der Waals surface area contributed by atoms with Gasteiger partial charge in [0.2, 0.25) is 17.6 Å². The molecule has 1 amide bonds. The third-order valence-electron chi connectivity index (χ3n) is 5.84. The van der Waals surface area contributed by atoms with E-state index in [1.54, 1.807) is 0 Å². The number of carbonyl (C=O) groups excluding carboxylic acids is 1. The van der Waals surface area contributed by atoms with Gasteiger partial charge in [0.15, 0.2) is 0 Å². The molecule has 2 aromatic rings. The van der Waals surface area contributed by atoms with Gasteiger partial charge in [-0.15, -0.1) is 0 Å². The Morgan fingerprint density at radius 1 is 1.26 bits per heavy atom. The maximum absolute atomic E-state index is 12.7. The molecule has 4 rings (SSSR count). The van der Waals surface area contributed by atoms with Gasteiger partial charge >= 0.3 is 0 Å². The normalized spacial score (nSPS) is 21.9. The van der Waals surface area contributed by atoms with E-state index in [-0.39, 0.29) is 17.2 Å². The minimum atomic E-state index is -0.0224. The van der Waals surface area contributed by atoms with Crippen molar-refractivity contribution >= 4 is 5.91 Å². The Morgan fingerprint density at radius 2 is 2.00 bits per heavy atom. The van der Waals surface area contributed by atoms with E-state index < -0.39 is 0 Å². The first-order valence-electron chi connectivity index (χ1n) is 9.82. The molecule has 6 nitrogen and oxygen atoms in total. The minimum Gasteiger partial charge on any atom is -0.381 e. The monoisotopic (exact) mass is 369 g/mol. The average Bonchev–Trinajstić information content (AvgIpc) is 3.28. The molecule has 0 radical (unpaired) electrons. The van der Waals surface area contributed by atoms with Crippen LogP contribution in [-0.4, -0.2) is 47.3 Å². The van der Waals surface area contributed by atoms with Crippen LogP contribution in [0.2, 0.25) is 0 Å². The molecule has 1 aromatic carbocycles. The number of rotatable bonds is 4. The quantitative estimate of drug-likeness (QED) is 0.825. The van der Waals surface area contributed by atoms with Crippen molar-refractivity contribution in [1.29, 1.82) is 0 Å². The number of amides is 1. The summed E-state index contributed by atoms with van der Waals surface area (Å²) in [6, 6.07) is 9.86. The zero-order chi connectivity index (χ0) is 18.9. The van der Waals surface area contributed by atoms with Crippen LogP contribution < -0.4 is 0 Å². The van der Waals surface area contributed by atoms with Crippen LogP contribution in [0.25, 0.3) is 11.4 Å². The second-order valence-electron chi connectivity index (χ2n) is 8.22. The second kappa shape index (κ2) is 7.43. The van der Waals surface area contributed by atoms with E-state index in [9.17, 15) is 4.79 Å². The van der Waals surface area contributed by atoms with E-state index in [4.69, 9.17) is 14.2 Å². The summed E-state index contributed by atoms with van der Waals surface area (Å²) in [7, 11) is 0. The van der Waals surface area contributed by atoms with E-state index in [1.165, 1.54) is 0 Å². The fourth-order valence-corrected chi connectivity index (χ4v) is 4.34. The Morgan fingerprint density at radius 3 is 2.70 bits per heavy atom. The Labute approximate surface area is 159 Å². The summed E-state index contributed by atoms with van der Waals surface area (Å²) < 4.78 is 11.3. The standard InChI is InChI=1S/C21H27N3O3/c1-15(2)12-18(25)24-13-17(21(14-24)8-10-26-11-9-21)20-22-19(23-27-20)16-6-4-3-5-7-16/h3-7,15,17H,8-14H2,1-2H3/t17-/m1/s1. The van der Waals surface area contributed by atoms with Crippen LogP contribution in [0.15, 0.2) is 34.9 Å². The maximum atomic E-state index is 12.7. The van der Waals surface area contributed by atoms with Crippen LogP contribution in [-0.2, 0) is 9.53 Å². The van der Waals surface area contributed by atoms with E-state index in [0.717, 1.165) is 38.2 Å². The first kappa shape index (κ1) is 18.2. The Balaban J connectivity index is 1.61. The van der Waals surface area contributed by atoms with Crippen molar-refractivity contribution < 1.29 is 14.1 Å². The van der Waals surface area contributed by atoms with Crippen molar-refractivity contribution in [1.82, 2.24) is 15.0 Å². The SMILES string of the molecule is CC(C)CC(=O)N1C[C@H](c2nc(-c3ccccc3)no2)C2(CCOCC2)C1. The number of likely N-dealkylation sites (tertiary alicyclic amines) is 1. The summed E-state index contributed by atoms with van der Waals surface area (Å²) in [5.41, 5.74) is 0.921. The maximum Gasteiger partial charge on any atom is 0.232 e. The summed E-state index contributed by atoms with van der Waals surface area (Å²) in [5.74, 6) is 1.91. The summed E-state index contributed by atoms with van der Waals surface area (Å²) >= 11 is 0. The van der Waals surface area contributed by atoms with Crippen molar-refractivity contribution in [2.75, 3.05) is 26.3 Å². The van der Waals surface area contributed by atoms with E-state index >= 15 is 0 Å². The first-order chi connectivity index (χ1) is 13.1. The number of hydrogen-bond donors (Lipinski definition) is 0. The van der Waals surface area contributed by atoms with Gasteiger partial charge in [0.05, 0.1) is 5.92 Å². The van der Waals surface area contributed by atoms with Gasteiger partial charge in [-0.05, 0) is 18.8 Å². The van der Waals surface area contributed by atoms with Crippen LogP contribution in [0.1, 0.15) is 44.9 Å². The number of hydrogen-bond acceptors (Lipinski definition) is 5. The highest BCUT2D eigenvalue weighted by atomic mass is 16.5. The predicted octanol–water partition coefficient (Wildman–Crippen LogP) is 3.51. The summed E-state index contributed by atoms with van der Waals surface area (Å²) in [4.78, 5) is 19.4. The van der Waals surface area contributed by atoms with Crippen LogP contribution in [0.3, 0.4) is 0 Å². The average molecular weight is 369 g/mol. The molecule has 6 heteroatoms. The Kier molecular flexibility index (Phi) is 5.00. The lowest BCUT2D eigenvalue weighted by molar-refractivity contribution is -0.131. The Bertz CT molecular complexity index is 781. The fourth-order valence-electron chi connectivity index (χ4n) is 4.34. The first-order valence-corrected chi connectivity index (χ1v) is 9.82. The molecular weight excluding hydrogens is 342 g/mol. The van der Waals surface area contributed by atoms with Crippen LogP contribution in [0.4, 0.5) is 0 Å². The molecule has 2 fully saturated rings. The zero-order valence-corrected chi connectivity index (χ0v) is 16.1. The van der Waals surface area contributed by atoms with Gasteiger partial charge in [0, 0.05) is 43.7 Å². The molecule has 144 valence electrons. The van der Waals surface area contributed by atoms with E-state index in [2.05, 4.69) is 19.0 Å². The summed E-state index contributed by atoms with van der Waals surface area (Å²) in [6.45, 7) is 7.03. The van der Waals surface area contributed by atoms with E-state index in [0.29, 0.717) is 30.6 Å². The highest BCUT2D eigenvalue weighted by Crippen LogP contribution is 2.49. The fraction of sp³-hybridized carbons (Fsp3) is 0.571. The van der Waals surface area contributed by atoms with Gasteiger partial charge in [-0.2, -0.15) is 4.98 Å². The molecule has 0 saturated carbocycles. The topological polar surface area (TPSA) is 68.5 Å². The largest absolute Gasteiger partial charge is 0.381 e. The highest BCUT2D eigenvalue weighted by Gasteiger charge is 2.51. The third kappa shape index (κ3) is 3.63. The van der Waals surface area contributed by atoms with Crippen LogP contribution in [0.5, 0.6) is 0 Å². The summed E-state index contributed by atoms with van der Waals surface area (Å²) in [5, 5.41) is 4.21. The highest BCUT2D eigenvalue weighted by molar-refractivity contribution is 5.77.